The van der Waals surface area contributed by atoms with Crippen molar-refractivity contribution in [1.82, 2.24) is 0 Å². The van der Waals surface area contributed by atoms with Gasteiger partial charge in [0.25, 0.3) is 5.91 Å². The van der Waals surface area contributed by atoms with Crippen LogP contribution in [0.2, 0.25) is 5.02 Å². The molecule has 0 aliphatic heterocycles. The van der Waals surface area contributed by atoms with Crippen LogP contribution >= 0.6 is 11.6 Å². The second kappa shape index (κ2) is 10.6. The Kier molecular flexibility index (Phi) is 7.39. The lowest BCUT2D eigenvalue weighted by atomic mass is 10.1. The first-order valence-electron chi connectivity index (χ1n) is 10.7. The van der Waals surface area contributed by atoms with Gasteiger partial charge in [0.05, 0.1) is 24.2 Å². The van der Waals surface area contributed by atoms with Gasteiger partial charge in [0.1, 0.15) is 5.75 Å². The van der Waals surface area contributed by atoms with Crippen LogP contribution in [0.5, 0.6) is 11.5 Å². The summed E-state index contributed by atoms with van der Waals surface area (Å²) >= 11 is 5.93. The Morgan fingerprint density at radius 2 is 1.49 bits per heavy atom. The highest BCUT2D eigenvalue weighted by atomic mass is 35.5. The highest BCUT2D eigenvalue weighted by Gasteiger charge is 2.19. The fraction of sp³-hybridized carbons (Fsp3) is 0.0741. The number of sulfonamides is 1. The molecule has 6 nitrogen and oxygen atoms in total. The second-order valence-corrected chi connectivity index (χ2v) is 10.2. The third kappa shape index (κ3) is 6.41. The number of anilines is 2. The number of hydrogen-bond donors (Lipinski definition) is 1. The van der Waals surface area contributed by atoms with E-state index in [1.807, 2.05) is 36.4 Å². The highest BCUT2D eigenvalue weighted by Crippen LogP contribution is 2.30. The fourth-order valence-corrected chi connectivity index (χ4v) is 4.42. The number of nitrogens with zero attached hydrogens (tertiary/aromatic N) is 1. The van der Waals surface area contributed by atoms with Crippen molar-refractivity contribution in [2.24, 2.45) is 0 Å². The maximum Gasteiger partial charge on any atom is 0.255 e. The zero-order chi connectivity index (χ0) is 24.8. The fourth-order valence-electron chi connectivity index (χ4n) is 3.40. The number of benzene rings is 4. The molecule has 0 saturated heterocycles. The van der Waals surface area contributed by atoms with Gasteiger partial charge < -0.3 is 10.1 Å². The molecule has 1 amide bonds. The Morgan fingerprint density at radius 1 is 0.857 bits per heavy atom. The number of nitrogens with one attached hydrogen (secondary N) is 1. The van der Waals surface area contributed by atoms with Gasteiger partial charge in [0.15, 0.2) is 5.75 Å². The normalized spacial score (nSPS) is 11.0. The van der Waals surface area contributed by atoms with E-state index in [1.165, 1.54) is 4.31 Å². The van der Waals surface area contributed by atoms with E-state index >= 15 is 0 Å². The van der Waals surface area contributed by atoms with Gasteiger partial charge in [-0.1, -0.05) is 54.1 Å². The van der Waals surface area contributed by atoms with Gasteiger partial charge in [-0.3, -0.25) is 9.10 Å². The molecule has 0 aliphatic rings. The maximum atomic E-state index is 12.9. The number of halogens is 1. The van der Waals surface area contributed by atoms with E-state index in [9.17, 15) is 13.2 Å². The molecule has 4 aromatic rings. The number of hydrogen-bond acceptors (Lipinski definition) is 4. The van der Waals surface area contributed by atoms with Crippen molar-refractivity contribution in [3.63, 3.8) is 0 Å². The molecule has 4 aromatic carbocycles. The summed E-state index contributed by atoms with van der Waals surface area (Å²) in [6, 6.07) is 29.8. The number of rotatable bonds is 8. The van der Waals surface area contributed by atoms with Crippen LogP contribution in [0, 0.1) is 0 Å². The van der Waals surface area contributed by atoms with E-state index in [1.54, 1.807) is 66.7 Å². The predicted octanol–water partition coefficient (Wildman–Crippen LogP) is 6.35. The van der Waals surface area contributed by atoms with E-state index in [4.69, 9.17) is 16.3 Å². The van der Waals surface area contributed by atoms with Crippen LogP contribution in [0.25, 0.3) is 0 Å². The van der Waals surface area contributed by atoms with E-state index < -0.39 is 10.0 Å². The lowest BCUT2D eigenvalue weighted by molar-refractivity contribution is 0.102. The molecular weight excluding hydrogens is 484 g/mol. The van der Waals surface area contributed by atoms with Crippen molar-refractivity contribution >= 4 is 38.9 Å². The zero-order valence-corrected chi connectivity index (χ0v) is 20.5. The van der Waals surface area contributed by atoms with Crippen LogP contribution in [-0.4, -0.2) is 20.6 Å². The smallest absolute Gasteiger partial charge is 0.255 e. The molecule has 0 saturated carbocycles. The Balaban J connectivity index is 1.51. The molecule has 0 radical (unpaired) electrons. The molecule has 178 valence electrons. The molecule has 0 heterocycles. The van der Waals surface area contributed by atoms with Gasteiger partial charge >= 0.3 is 0 Å². The quantitative estimate of drug-likeness (QED) is 0.302. The van der Waals surface area contributed by atoms with Crippen LogP contribution < -0.4 is 14.4 Å². The van der Waals surface area contributed by atoms with Crippen LogP contribution in [-0.2, 0) is 16.6 Å². The van der Waals surface area contributed by atoms with Crippen LogP contribution in [0.3, 0.4) is 0 Å². The molecule has 0 bridgehead atoms. The molecule has 0 aromatic heterocycles. The summed E-state index contributed by atoms with van der Waals surface area (Å²) in [5, 5.41) is 3.44. The van der Waals surface area contributed by atoms with E-state index in [0.29, 0.717) is 33.5 Å². The summed E-state index contributed by atoms with van der Waals surface area (Å²) in [4.78, 5) is 12.9. The van der Waals surface area contributed by atoms with Gasteiger partial charge in [-0.25, -0.2) is 8.42 Å². The summed E-state index contributed by atoms with van der Waals surface area (Å²) in [7, 11) is -3.56. The van der Waals surface area contributed by atoms with Crippen molar-refractivity contribution in [2.75, 3.05) is 15.9 Å². The highest BCUT2D eigenvalue weighted by molar-refractivity contribution is 7.92. The lowest BCUT2D eigenvalue weighted by Gasteiger charge is -2.23. The van der Waals surface area contributed by atoms with Gasteiger partial charge in [0.2, 0.25) is 10.0 Å². The molecule has 8 heteroatoms. The van der Waals surface area contributed by atoms with E-state index in [-0.39, 0.29) is 12.5 Å². The van der Waals surface area contributed by atoms with Gasteiger partial charge in [-0.15, -0.1) is 0 Å². The standard InChI is InChI=1S/C27H23ClN2O4S/c1-35(32,33)30(19-20-11-15-22(28)16-12-20)23-17-13-21(14-18-23)27(31)29-25-9-5-6-10-26(25)34-24-7-3-2-4-8-24/h2-18H,19H2,1H3,(H,29,31). The maximum absolute atomic E-state index is 12.9. The van der Waals surface area contributed by atoms with Crippen molar-refractivity contribution < 1.29 is 17.9 Å². The van der Waals surface area contributed by atoms with Crippen LogP contribution in [0.1, 0.15) is 15.9 Å². The van der Waals surface area contributed by atoms with Gasteiger partial charge in [0, 0.05) is 10.6 Å². The molecular formula is C27H23ClN2O4S. The van der Waals surface area contributed by atoms with Crippen molar-refractivity contribution in [1.29, 1.82) is 0 Å². The van der Waals surface area contributed by atoms with E-state index in [0.717, 1.165) is 11.8 Å². The third-order valence-electron chi connectivity index (χ3n) is 5.16. The summed E-state index contributed by atoms with van der Waals surface area (Å²) in [5.74, 6) is 0.819. The average molecular weight is 507 g/mol. The molecule has 0 fully saturated rings. The molecule has 0 unspecified atom stereocenters. The average Bonchev–Trinajstić information content (AvgIpc) is 2.85. The van der Waals surface area contributed by atoms with Crippen molar-refractivity contribution in [3.05, 3.63) is 119 Å². The van der Waals surface area contributed by atoms with Crippen LogP contribution in [0.4, 0.5) is 11.4 Å². The second-order valence-electron chi connectivity index (χ2n) is 7.81. The minimum atomic E-state index is -3.56. The number of carbonyl (C=O) groups is 1. The summed E-state index contributed by atoms with van der Waals surface area (Å²) < 4.78 is 32.1. The Morgan fingerprint density at radius 3 is 2.14 bits per heavy atom. The zero-order valence-electron chi connectivity index (χ0n) is 18.9. The monoisotopic (exact) mass is 506 g/mol. The minimum absolute atomic E-state index is 0.145. The number of ether oxygens (including phenoxy) is 1. The van der Waals surface area contributed by atoms with Gasteiger partial charge in [-0.2, -0.15) is 0 Å². The topological polar surface area (TPSA) is 75.7 Å². The molecule has 0 aliphatic carbocycles. The summed E-state index contributed by atoms with van der Waals surface area (Å²) in [6.45, 7) is 0.145. The molecule has 4 rings (SSSR count). The molecule has 0 atom stereocenters. The molecule has 35 heavy (non-hydrogen) atoms. The largest absolute Gasteiger partial charge is 0.455 e. The third-order valence-corrected chi connectivity index (χ3v) is 6.56. The van der Waals surface area contributed by atoms with Crippen LogP contribution in [0.15, 0.2) is 103 Å². The van der Waals surface area contributed by atoms with Crippen molar-refractivity contribution in [2.45, 2.75) is 6.54 Å². The summed E-state index contributed by atoms with van der Waals surface area (Å²) in [5.41, 5.74) is 2.14. The first kappa shape index (κ1) is 24.3. The Bertz CT molecular complexity index is 1410. The minimum Gasteiger partial charge on any atom is -0.455 e. The first-order valence-corrected chi connectivity index (χ1v) is 13.0. The SMILES string of the molecule is CS(=O)(=O)N(Cc1ccc(Cl)cc1)c1ccc(C(=O)Nc2ccccc2Oc2ccccc2)cc1. The van der Waals surface area contributed by atoms with Gasteiger partial charge in [-0.05, 0) is 66.2 Å². The number of amides is 1. The Hall–Kier alpha value is -3.81. The number of carbonyl (C=O) groups excluding carboxylic acids is 1. The van der Waals surface area contributed by atoms with Crippen molar-refractivity contribution in [3.8, 4) is 11.5 Å². The Labute approximate surface area is 209 Å². The summed E-state index contributed by atoms with van der Waals surface area (Å²) in [6.07, 6.45) is 1.15. The number of para-hydroxylation sites is 3. The molecule has 0 spiro atoms. The lowest BCUT2D eigenvalue weighted by Crippen LogP contribution is -2.29. The predicted molar refractivity (Wildman–Crippen MR) is 140 cm³/mol. The first-order chi connectivity index (χ1) is 16.8. The molecule has 1 N–H and O–H groups in total. The van der Waals surface area contributed by atoms with E-state index in [2.05, 4.69) is 5.32 Å².